The molecule has 0 radical (unpaired) electrons. The zero-order chi connectivity index (χ0) is 25.8. The summed E-state index contributed by atoms with van der Waals surface area (Å²) in [6, 6.07) is 16.7. The lowest BCUT2D eigenvalue weighted by Crippen LogP contribution is -2.27. The van der Waals surface area contributed by atoms with Gasteiger partial charge in [0.2, 0.25) is 0 Å². The van der Waals surface area contributed by atoms with Gasteiger partial charge in [-0.25, -0.2) is 19.7 Å². The van der Waals surface area contributed by atoms with Crippen LogP contribution in [0.5, 0.6) is 5.75 Å². The van der Waals surface area contributed by atoms with Gasteiger partial charge in [-0.1, -0.05) is 56.5 Å². The van der Waals surface area contributed by atoms with Crippen LogP contribution in [0.3, 0.4) is 0 Å². The number of benzene rings is 2. The van der Waals surface area contributed by atoms with Crippen LogP contribution in [0.4, 0.5) is 0 Å². The van der Waals surface area contributed by atoms with Crippen molar-refractivity contribution in [2.24, 2.45) is 5.92 Å². The summed E-state index contributed by atoms with van der Waals surface area (Å²) in [5.41, 5.74) is 1.27. The van der Waals surface area contributed by atoms with Crippen LogP contribution in [0.1, 0.15) is 79.3 Å². The summed E-state index contributed by atoms with van der Waals surface area (Å²) in [5, 5.41) is 11.1. The van der Waals surface area contributed by atoms with E-state index in [1.807, 2.05) is 48.5 Å². The fraction of sp³-hybridized carbons (Fsp3) is 0.400. The average molecular weight is 500 g/mol. The summed E-state index contributed by atoms with van der Waals surface area (Å²) in [6.45, 7) is 2.27. The zero-order valence-electron chi connectivity index (χ0n) is 21.3. The van der Waals surface area contributed by atoms with Crippen molar-refractivity contribution in [2.45, 2.75) is 63.4 Å². The van der Waals surface area contributed by atoms with Gasteiger partial charge in [-0.2, -0.15) is 0 Å². The van der Waals surface area contributed by atoms with Gasteiger partial charge in [0.1, 0.15) is 23.2 Å². The minimum absolute atomic E-state index is 0.253. The van der Waals surface area contributed by atoms with Crippen LogP contribution < -0.4 is 4.74 Å². The number of nitrogens with zero attached hydrogens (tertiary/aromatic N) is 3. The van der Waals surface area contributed by atoms with E-state index < -0.39 is 6.10 Å². The first-order valence-corrected chi connectivity index (χ1v) is 13.1. The molecule has 2 aliphatic rings. The van der Waals surface area contributed by atoms with Crippen LogP contribution in [0.15, 0.2) is 66.4 Å². The van der Waals surface area contributed by atoms with Gasteiger partial charge in [-0.3, -0.25) is 0 Å². The number of carbonyl (C=O) groups excluding carboxylic acids is 1. The monoisotopic (exact) mass is 499 g/mol. The predicted molar refractivity (Wildman–Crippen MR) is 140 cm³/mol. The first-order valence-electron chi connectivity index (χ1n) is 13.1. The molecular formula is C30H33N3O4. The molecule has 4 unspecified atom stereocenters. The highest BCUT2D eigenvalue weighted by Gasteiger charge is 2.32. The van der Waals surface area contributed by atoms with Crippen molar-refractivity contribution in [3.63, 3.8) is 0 Å². The van der Waals surface area contributed by atoms with Crippen molar-refractivity contribution < 1.29 is 19.4 Å². The molecule has 0 bridgehead atoms. The Morgan fingerprint density at radius 1 is 0.919 bits per heavy atom. The number of rotatable bonds is 6. The first kappa shape index (κ1) is 25.1. The number of hydrogen-bond acceptors (Lipinski definition) is 7. The summed E-state index contributed by atoms with van der Waals surface area (Å²) in [6.07, 6.45) is 6.93. The summed E-state index contributed by atoms with van der Waals surface area (Å²) >= 11 is 0. The number of aliphatic hydroxyl groups is 1. The average Bonchev–Trinajstić information content (AvgIpc) is 2.93. The van der Waals surface area contributed by atoms with Crippen LogP contribution >= 0.6 is 0 Å². The molecule has 2 aliphatic carbocycles. The molecule has 7 nitrogen and oxygen atoms in total. The normalized spacial score (nSPS) is 23.7. The molecule has 5 rings (SSSR count). The standard InChI is InChI=1S/C30H33N3O4/c1-19-8-6-7-11-24(19)28-31-27(20-12-14-21(15-13-20)30(35)36-2)32-29(33-28)25-17-16-23(18-26(25)34)37-22-9-4-3-5-10-22/h3-5,9-10,12-16,19,24-26,34H,6-8,11,17-18H2,1-2H3. The number of para-hydroxylation sites is 1. The van der Waals surface area contributed by atoms with Gasteiger partial charge in [-0.05, 0) is 49.1 Å². The van der Waals surface area contributed by atoms with Gasteiger partial charge in [-0.15, -0.1) is 0 Å². The van der Waals surface area contributed by atoms with Gasteiger partial charge < -0.3 is 14.6 Å². The second-order valence-electron chi connectivity index (χ2n) is 10.0. The number of aromatic nitrogens is 3. The highest BCUT2D eigenvalue weighted by molar-refractivity contribution is 5.89. The highest BCUT2D eigenvalue weighted by Crippen LogP contribution is 2.38. The maximum atomic E-state index is 11.9. The van der Waals surface area contributed by atoms with Crippen molar-refractivity contribution in [3.8, 4) is 17.1 Å². The fourth-order valence-corrected chi connectivity index (χ4v) is 5.29. The van der Waals surface area contributed by atoms with Gasteiger partial charge in [0.15, 0.2) is 5.82 Å². The van der Waals surface area contributed by atoms with Gasteiger partial charge in [0, 0.05) is 23.8 Å². The van der Waals surface area contributed by atoms with E-state index in [0.717, 1.165) is 42.2 Å². The molecule has 192 valence electrons. The molecule has 0 amide bonds. The third-order valence-electron chi connectivity index (χ3n) is 7.48. The van der Waals surface area contributed by atoms with E-state index >= 15 is 0 Å². The molecule has 1 N–H and O–H groups in total. The number of hydrogen-bond donors (Lipinski definition) is 1. The van der Waals surface area contributed by atoms with E-state index in [-0.39, 0.29) is 17.8 Å². The van der Waals surface area contributed by atoms with E-state index in [2.05, 4.69) is 6.92 Å². The Labute approximate surface area is 217 Å². The Morgan fingerprint density at radius 2 is 1.62 bits per heavy atom. The summed E-state index contributed by atoms with van der Waals surface area (Å²) in [7, 11) is 1.37. The van der Waals surface area contributed by atoms with Crippen LogP contribution in [-0.2, 0) is 4.74 Å². The Kier molecular flexibility index (Phi) is 7.60. The maximum absolute atomic E-state index is 11.9. The number of methoxy groups -OCH3 is 1. The molecule has 1 aromatic heterocycles. The Hall–Kier alpha value is -3.58. The van der Waals surface area contributed by atoms with Crippen molar-refractivity contribution in [1.82, 2.24) is 15.0 Å². The molecule has 0 spiro atoms. The summed E-state index contributed by atoms with van der Waals surface area (Å²) in [5.74, 6) is 3.59. The van der Waals surface area contributed by atoms with E-state index in [0.29, 0.717) is 36.0 Å². The Bertz CT molecular complexity index is 1260. The van der Waals surface area contributed by atoms with Crippen LogP contribution in [0.2, 0.25) is 0 Å². The quantitative estimate of drug-likeness (QED) is 0.427. The van der Waals surface area contributed by atoms with Crippen LogP contribution in [-0.4, -0.2) is 39.2 Å². The minimum atomic E-state index is -0.669. The van der Waals surface area contributed by atoms with Crippen molar-refractivity contribution in [3.05, 3.63) is 83.6 Å². The molecule has 3 aromatic rings. The van der Waals surface area contributed by atoms with E-state index in [1.54, 1.807) is 12.1 Å². The van der Waals surface area contributed by atoms with Crippen LogP contribution in [0, 0.1) is 5.92 Å². The summed E-state index contributed by atoms with van der Waals surface area (Å²) in [4.78, 5) is 26.6. The Balaban J connectivity index is 1.47. The number of carbonyl (C=O) groups is 1. The number of aliphatic hydroxyl groups excluding tert-OH is 1. The Morgan fingerprint density at radius 3 is 2.30 bits per heavy atom. The van der Waals surface area contributed by atoms with Crippen LogP contribution in [0.25, 0.3) is 11.4 Å². The van der Waals surface area contributed by atoms with Crippen molar-refractivity contribution >= 4 is 5.97 Å². The van der Waals surface area contributed by atoms with Gasteiger partial charge in [0.05, 0.1) is 18.8 Å². The largest absolute Gasteiger partial charge is 0.465 e. The van der Waals surface area contributed by atoms with Gasteiger partial charge >= 0.3 is 5.97 Å². The lowest BCUT2D eigenvalue weighted by atomic mass is 9.80. The molecule has 1 heterocycles. The third-order valence-corrected chi connectivity index (χ3v) is 7.48. The molecule has 1 fully saturated rings. The van der Waals surface area contributed by atoms with Crippen molar-refractivity contribution in [2.75, 3.05) is 7.11 Å². The molecule has 7 heteroatoms. The van der Waals surface area contributed by atoms with E-state index in [1.165, 1.54) is 13.5 Å². The molecular weight excluding hydrogens is 466 g/mol. The fourth-order valence-electron chi connectivity index (χ4n) is 5.29. The highest BCUT2D eigenvalue weighted by atomic mass is 16.5. The minimum Gasteiger partial charge on any atom is -0.465 e. The molecule has 1 saturated carbocycles. The topological polar surface area (TPSA) is 94.4 Å². The first-order chi connectivity index (χ1) is 18.0. The lowest BCUT2D eigenvalue weighted by molar-refractivity contribution is 0.0600. The van der Waals surface area contributed by atoms with Gasteiger partial charge in [0.25, 0.3) is 0 Å². The molecule has 4 atom stereocenters. The second kappa shape index (κ2) is 11.2. The molecule has 0 aliphatic heterocycles. The van der Waals surface area contributed by atoms with Crippen molar-refractivity contribution in [1.29, 1.82) is 0 Å². The SMILES string of the molecule is COC(=O)c1ccc(-c2nc(C3CCCCC3C)nc(C3CC=C(Oc4ccccc4)CC3O)n2)cc1. The zero-order valence-corrected chi connectivity index (χ0v) is 21.3. The number of ether oxygens (including phenoxy) is 2. The maximum Gasteiger partial charge on any atom is 0.337 e. The summed E-state index contributed by atoms with van der Waals surface area (Å²) < 4.78 is 10.8. The molecule has 2 aromatic carbocycles. The molecule has 37 heavy (non-hydrogen) atoms. The van der Waals surface area contributed by atoms with E-state index in [9.17, 15) is 9.90 Å². The molecule has 0 saturated heterocycles. The predicted octanol–water partition coefficient (Wildman–Crippen LogP) is 5.82. The third kappa shape index (κ3) is 5.72. The number of allylic oxidation sites excluding steroid dienone is 1. The lowest BCUT2D eigenvalue weighted by Gasteiger charge is -2.30. The van der Waals surface area contributed by atoms with E-state index in [4.69, 9.17) is 24.4 Å². The second-order valence-corrected chi connectivity index (χ2v) is 10.0. The smallest absolute Gasteiger partial charge is 0.337 e. The number of esters is 1.